The number of ether oxygens (including phenoxy) is 3. The maximum Gasteiger partial charge on any atom is 0.233 e. The molecule has 0 atom stereocenters. The first-order valence-electron chi connectivity index (χ1n) is 9.12. The number of methoxy groups -OCH3 is 3. The van der Waals surface area contributed by atoms with Gasteiger partial charge in [-0.25, -0.2) is 0 Å². The minimum absolute atomic E-state index is 0.283. The van der Waals surface area contributed by atoms with Crippen LogP contribution >= 0.6 is 0 Å². The molecule has 0 unspecified atom stereocenters. The van der Waals surface area contributed by atoms with Gasteiger partial charge in [0.15, 0.2) is 0 Å². The highest BCUT2D eigenvalue weighted by Crippen LogP contribution is 2.22. The van der Waals surface area contributed by atoms with Crippen LogP contribution in [0.1, 0.15) is 31.8 Å². The van der Waals surface area contributed by atoms with Crippen LogP contribution in [0.15, 0.2) is 66.7 Å². The Hall–Kier alpha value is -4.04. The van der Waals surface area contributed by atoms with Crippen molar-refractivity contribution in [2.24, 2.45) is 0 Å². The molecule has 0 radical (unpaired) electrons. The smallest absolute Gasteiger partial charge is 0.233 e. The van der Waals surface area contributed by atoms with Gasteiger partial charge in [0.2, 0.25) is 11.6 Å². The van der Waals surface area contributed by atoms with Crippen molar-refractivity contribution >= 4 is 11.6 Å². The Balaban J connectivity index is 1.84. The van der Waals surface area contributed by atoms with E-state index in [4.69, 9.17) is 14.2 Å². The standard InChI is InChI=1S/C25H20O5/c1-28-21-11-9-19(10-12-21)24(26)25(27)20-6-4-5-17(13-20)7-8-18-14-22(29-2)16-23(15-18)30-3/h4-6,9-16H,1-3H3. The zero-order valence-corrected chi connectivity index (χ0v) is 16.9. The fourth-order valence-electron chi connectivity index (χ4n) is 2.77. The Labute approximate surface area is 175 Å². The van der Waals surface area contributed by atoms with Gasteiger partial charge in [-0.05, 0) is 48.5 Å². The van der Waals surface area contributed by atoms with Crippen molar-refractivity contribution in [2.75, 3.05) is 21.3 Å². The summed E-state index contributed by atoms with van der Waals surface area (Å²) in [6, 6.07) is 18.4. The molecule has 0 aliphatic heterocycles. The zero-order valence-electron chi connectivity index (χ0n) is 16.9. The number of rotatable bonds is 6. The molecule has 0 aromatic heterocycles. The van der Waals surface area contributed by atoms with Crippen molar-refractivity contribution in [3.8, 4) is 29.1 Å². The average Bonchev–Trinajstić information content (AvgIpc) is 2.81. The van der Waals surface area contributed by atoms with Gasteiger partial charge in [-0.3, -0.25) is 9.59 Å². The van der Waals surface area contributed by atoms with E-state index >= 15 is 0 Å². The molecule has 150 valence electrons. The average molecular weight is 400 g/mol. The number of carbonyl (C=O) groups excluding carboxylic acids is 2. The summed E-state index contributed by atoms with van der Waals surface area (Å²) in [6.45, 7) is 0. The van der Waals surface area contributed by atoms with Gasteiger partial charge in [-0.1, -0.05) is 24.0 Å². The lowest BCUT2D eigenvalue weighted by atomic mass is 10.00. The second-order valence-electron chi connectivity index (χ2n) is 6.32. The molecule has 0 heterocycles. The minimum atomic E-state index is -0.591. The largest absolute Gasteiger partial charge is 0.497 e. The lowest BCUT2D eigenvalue weighted by Gasteiger charge is -2.04. The van der Waals surface area contributed by atoms with Gasteiger partial charge >= 0.3 is 0 Å². The Bertz CT molecular complexity index is 1110. The van der Waals surface area contributed by atoms with Crippen LogP contribution in [0.25, 0.3) is 0 Å². The molecule has 0 aliphatic carbocycles. The van der Waals surface area contributed by atoms with E-state index in [1.807, 2.05) is 0 Å². The maximum atomic E-state index is 12.6. The molecular weight excluding hydrogens is 380 g/mol. The van der Waals surface area contributed by atoms with E-state index in [9.17, 15) is 9.59 Å². The molecule has 3 aromatic rings. The molecule has 3 aromatic carbocycles. The second-order valence-corrected chi connectivity index (χ2v) is 6.32. The van der Waals surface area contributed by atoms with Gasteiger partial charge in [0.05, 0.1) is 21.3 Å². The zero-order chi connectivity index (χ0) is 21.5. The fourth-order valence-corrected chi connectivity index (χ4v) is 2.77. The molecule has 0 fully saturated rings. The van der Waals surface area contributed by atoms with E-state index in [-0.39, 0.29) is 5.56 Å². The number of hydrogen-bond donors (Lipinski definition) is 0. The van der Waals surface area contributed by atoms with Crippen LogP contribution in [0.3, 0.4) is 0 Å². The van der Waals surface area contributed by atoms with Gasteiger partial charge in [-0.2, -0.15) is 0 Å². The van der Waals surface area contributed by atoms with Crippen molar-refractivity contribution in [1.29, 1.82) is 0 Å². The molecule has 0 aliphatic rings. The van der Waals surface area contributed by atoms with E-state index < -0.39 is 11.6 Å². The number of Topliss-reactive ketones (excluding diaryl/α,β-unsaturated/α-hetero) is 2. The molecule has 0 N–H and O–H groups in total. The predicted molar refractivity (Wildman–Crippen MR) is 114 cm³/mol. The van der Waals surface area contributed by atoms with Gasteiger partial charge in [0, 0.05) is 28.3 Å². The van der Waals surface area contributed by atoms with Crippen LogP contribution in [-0.4, -0.2) is 32.9 Å². The molecule has 0 saturated heterocycles. The normalized spacial score (nSPS) is 9.83. The first-order valence-corrected chi connectivity index (χ1v) is 9.12. The third-order valence-electron chi connectivity index (χ3n) is 4.39. The Morgan fingerprint density at radius 3 is 1.77 bits per heavy atom. The third kappa shape index (κ3) is 4.86. The Kier molecular flexibility index (Phi) is 6.51. The molecular formula is C25H20O5. The van der Waals surface area contributed by atoms with Gasteiger partial charge in [0.1, 0.15) is 17.2 Å². The van der Waals surface area contributed by atoms with E-state index in [2.05, 4.69) is 11.8 Å². The molecule has 5 heteroatoms. The first kappa shape index (κ1) is 20.7. The summed E-state index contributed by atoms with van der Waals surface area (Å²) in [5.41, 5.74) is 1.91. The summed E-state index contributed by atoms with van der Waals surface area (Å²) in [4.78, 5) is 25.2. The summed E-state index contributed by atoms with van der Waals surface area (Å²) in [6.07, 6.45) is 0. The van der Waals surface area contributed by atoms with Crippen molar-refractivity contribution in [3.05, 3.63) is 89.0 Å². The molecule has 5 nitrogen and oxygen atoms in total. The van der Waals surface area contributed by atoms with E-state index in [1.165, 1.54) is 7.11 Å². The number of carbonyl (C=O) groups is 2. The van der Waals surface area contributed by atoms with Crippen LogP contribution in [0, 0.1) is 11.8 Å². The van der Waals surface area contributed by atoms with Crippen molar-refractivity contribution in [1.82, 2.24) is 0 Å². The summed E-state index contributed by atoms with van der Waals surface area (Å²) in [7, 11) is 4.68. The lowest BCUT2D eigenvalue weighted by molar-refractivity contribution is 0.0817. The van der Waals surface area contributed by atoms with Crippen LogP contribution in [0.4, 0.5) is 0 Å². The summed E-state index contributed by atoms with van der Waals surface area (Å²) >= 11 is 0. The first-order chi connectivity index (χ1) is 14.5. The Morgan fingerprint density at radius 1 is 0.600 bits per heavy atom. The highest BCUT2D eigenvalue weighted by molar-refractivity contribution is 6.49. The summed E-state index contributed by atoms with van der Waals surface area (Å²) in [5, 5.41) is 0. The van der Waals surface area contributed by atoms with E-state index in [0.29, 0.717) is 33.9 Å². The lowest BCUT2D eigenvalue weighted by Crippen LogP contribution is -2.14. The topological polar surface area (TPSA) is 61.8 Å². The van der Waals surface area contributed by atoms with Gasteiger partial charge in [-0.15, -0.1) is 0 Å². The molecule has 0 saturated carbocycles. The third-order valence-corrected chi connectivity index (χ3v) is 4.39. The highest BCUT2D eigenvalue weighted by Gasteiger charge is 2.18. The molecule has 30 heavy (non-hydrogen) atoms. The van der Waals surface area contributed by atoms with Crippen LogP contribution in [0.5, 0.6) is 17.2 Å². The van der Waals surface area contributed by atoms with E-state index in [1.54, 1.807) is 80.9 Å². The predicted octanol–water partition coefficient (Wildman–Crippen LogP) is 4.18. The van der Waals surface area contributed by atoms with Crippen molar-refractivity contribution < 1.29 is 23.8 Å². The van der Waals surface area contributed by atoms with Crippen molar-refractivity contribution in [2.45, 2.75) is 0 Å². The van der Waals surface area contributed by atoms with Crippen LogP contribution in [-0.2, 0) is 0 Å². The second kappa shape index (κ2) is 9.44. The van der Waals surface area contributed by atoms with Gasteiger partial charge < -0.3 is 14.2 Å². The SMILES string of the molecule is COc1ccc(C(=O)C(=O)c2cccc(C#Cc3cc(OC)cc(OC)c3)c2)cc1. The maximum absolute atomic E-state index is 12.6. The quantitative estimate of drug-likeness (QED) is 0.353. The number of hydrogen-bond acceptors (Lipinski definition) is 5. The molecule has 0 amide bonds. The number of benzene rings is 3. The van der Waals surface area contributed by atoms with Crippen molar-refractivity contribution in [3.63, 3.8) is 0 Å². The summed E-state index contributed by atoms with van der Waals surface area (Å²) < 4.78 is 15.6. The van der Waals surface area contributed by atoms with E-state index in [0.717, 1.165) is 0 Å². The minimum Gasteiger partial charge on any atom is -0.497 e. The monoisotopic (exact) mass is 400 g/mol. The molecule has 0 spiro atoms. The fraction of sp³-hybridized carbons (Fsp3) is 0.120. The van der Waals surface area contributed by atoms with Crippen LogP contribution in [0.2, 0.25) is 0 Å². The Morgan fingerprint density at radius 2 is 1.17 bits per heavy atom. The summed E-state index contributed by atoms with van der Waals surface area (Å²) in [5.74, 6) is 6.75. The molecule has 0 bridgehead atoms. The highest BCUT2D eigenvalue weighted by atomic mass is 16.5. The molecule has 3 rings (SSSR count). The van der Waals surface area contributed by atoms with Gasteiger partial charge in [0.25, 0.3) is 0 Å². The van der Waals surface area contributed by atoms with Crippen LogP contribution < -0.4 is 14.2 Å². The number of ketones is 2.